The van der Waals surface area contributed by atoms with E-state index in [9.17, 15) is 34.8 Å². The van der Waals surface area contributed by atoms with Gasteiger partial charge in [-0.2, -0.15) is 0 Å². The number of aliphatic hydroxyl groups is 3. The van der Waals surface area contributed by atoms with Gasteiger partial charge in [-0.1, -0.05) is 12.1 Å². The molecule has 34 heavy (non-hydrogen) atoms. The van der Waals surface area contributed by atoms with E-state index in [1.54, 1.807) is 0 Å². The van der Waals surface area contributed by atoms with Gasteiger partial charge in [-0.05, 0) is 29.8 Å². The number of aromatic hydroxyl groups is 1. The Kier molecular flexibility index (Phi) is 5.98. The molecule has 1 saturated heterocycles. The number of carbonyl (C=O) groups excluding carboxylic acids is 1. The summed E-state index contributed by atoms with van der Waals surface area (Å²) in [4.78, 5) is 36.4. The Balaban J connectivity index is 1.74. The quantitative estimate of drug-likeness (QED) is 0.279. The second kappa shape index (κ2) is 8.76. The number of fused-ring (bicyclic) bond motifs is 1. The zero-order valence-electron chi connectivity index (χ0n) is 17.2. The number of carboxylic acid groups (broad SMARTS) is 1. The van der Waals surface area contributed by atoms with Gasteiger partial charge in [0.05, 0.1) is 10.9 Å². The number of primary amides is 1. The molecule has 1 aliphatic heterocycles. The number of nitrogens with two attached hydrogens (primary N) is 1. The monoisotopic (exact) mass is 473 g/mol. The van der Waals surface area contributed by atoms with E-state index < -0.39 is 53.8 Å². The fourth-order valence-corrected chi connectivity index (χ4v) is 3.59. The molecule has 2 aromatic carbocycles. The van der Waals surface area contributed by atoms with Gasteiger partial charge in [-0.3, -0.25) is 9.59 Å². The van der Waals surface area contributed by atoms with Crippen LogP contribution in [-0.4, -0.2) is 68.1 Å². The summed E-state index contributed by atoms with van der Waals surface area (Å²) in [7, 11) is 0. The Bertz CT molecular complexity index is 1320. The fourth-order valence-electron chi connectivity index (χ4n) is 3.59. The van der Waals surface area contributed by atoms with Gasteiger partial charge in [0, 0.05) is 6.07 Å². The number of carboxylic acids is 1. The van der Waals surface area contributed by atoms with Gasteiger partial charge in [0.15, 0.2) is 6.10 Å². The molecule has 3 aromatic rings. The van der Waals surface area contributed by atoms with Crippen LogP contribution in [0.3, 0.4) is 0 Å². The van der Waals surface area contributed by atoms with E-state index in [1.165, 1.54) is 42.5 Å². The zero-order chi connectivity index (χ0) is 24.7. The van der Waals surface area contributed by atoms with Crippen LogP contribution in [0.25, 0.3) is 22.1 Å². The lowest BCUT2D eigenvalue weighted by Crippen LogP contribution is -2.61. The van der Waals surface area contributed by atoms with E-state index in [1.807, 2.05) is 0 Å². The summed E-state index contributed by atoms with van der Waals surface area (Å²) in [6.07, 6.45) is -9.11. The Hall–Kier alpha value is -3.97. The molecule has 0 radical (unpaired) electrons. The van der Waals surface area contributed by atoms with Gasteiger partial charge in [-0.15, -0.1) is 0 Å². The van der Waals surface area contributed by atoms with E-state index in [0.29, 0.717) is 0 Å². The Morgan fingerprint density at radius 2 is 1.65 bits per heavy atom. The molecule has 0 saturated carbocycles. The van der Waals surface area contributed by atoms with Crippen LogP contribution in [0, 0.1) is 0 Å². The molecule has 12 nitrogen and oxygen atoms in total. The van der Waals surface area contributed by atoms with Crippen LogP contribution >= 0.6 is 0 Å². The molecule has 1 aliphatic rings. The summed E-state index contributed by atoms with van der Waals surface area (Å²) in [6, 6.07) is 9.27. The minimum atomic E-state index is -1.89. The van der Waals surface area contributed by atoms with Crippen LogP contribution in [0.5, 0.6) is 11.5 Å². The predicted octanol–water partition coefficient (Wildman–Crippen LogP) is -0.464. The summed E-state index contributed by atoms with van der Waals surface area (Å²) < 4.78 is 16.1. The van der Waals surface area contributed by atoms with Crippen molar-refractivity contribution in [2.24, 2.45) is 5.73 Å². The highest BCUT2D eigenvalue weighted by molar-refractivity contribution is 5.99. The third kappa shape index (κ3) is 4.06. The average molecular weight is 473 g/mol. The molecule has 12 heteroatoms. The van der Waals surface area contributed by atoms with Crippen molar-refractivity contribution in [3.8, 4) is 22.6 Å². The average Bonchev–Trinajstić information content (AvgIpc) is 2.79. The van der Waals surface area contributed by atoms with Crippen LogP contribution in [-0.2, 0) is 9.53 Å². The van der Waals surface area contributed by atoms with Gasteiger partial charge in [0.25, 0.3) is 5.91 Å². The number of aliphatic carboxylic acids is 1. The number of amides is 1. The molecular formula is C22H19NO11. The molecular weight excluding hydrogens is 454 g/mol. The molecule has 178 valence electrons. The molecule has 5 unspecified atom stereocenters. The van der Waals surface area contributed by atoms with Crippen molar-refractivity contribution >= 4 is 22.8 Å². The van der Waals surface area contributed by atoms with Gasteiger partial charge >= 0.3 is 5.97 Å². The van der Waals surface area contributed by atoms with Crippen LogP contribution in [0.2, 0.25) is 0 Å². The Labute approximate surface area is 190 Å². The molecule has 1 amide bonds. The first-order chi connectivity index (χ1) is 16.1. The predicted molar refractivity (Wildman–Crippen MR) is 113 cm³/mol. The van der Waals surface area contributed by atoms with Crippen LogP contribution in [0.4, 0.5) is 0 Å². The number of phenols is 1. The summed E-state index contributed by atoms with van der Waals surface area (Å²) in [5.74, 6) is -3.17. The van der Waals surface area contributed by atoms with Crippen molar-refractivity contribution in [1.82, 2.24) is 0 Å². The molecule has 5 atom stereocenters. The van der Waals surface area contributed by atoms with E-state index in [-0.39, 0.29) is 33.6 Å². The lowest BCUT2D eigenvalue weighted by atomic mass is 9.99. The van der Waals surface area contributed by atoms with Crippen LogP contribution in [0.1, 0.15) is 10.6 Å². The van der Waals surface area contributed by atoms with E-state index in [2.05, 4.69) is 0 Å². The first-order valence-corrected chi connectivity index (χ1v) is 9.87. The SMILES string of the molecule is NC(=O)c1oc2cc(OC3OC(C(=O)O)C(O)C(O)C3O)ccc2c(=O)c1-c1ccc(O)cc1. The molecule has 4 rings (SSSR count). The van der Waals surface area contributed by atoms with Gasteiger partial charge < -0.3 is 45.2 Å². The van der Waals surface area contributed by atoms with Crippen molar-refractivity contribution in [2.75, 3.05) is 0 Å². The maximum atomic E-state index is 13.1. The lowest BCUT2D eigenvalue weighted by molar-refractivity contribution is -0.271. The second-order valence-corrected chi connectivity index (χ2v) is 7.56. The highest BCUT2D eigenvalue weighted by Crippen LogP contribution is 2.30. The van der Waals surface area contributed by atoms with Crippen LogP contribution < -0.4 is 15.9 Å². The second-order valence-electron chi connectivity index (χ2n) is 7.56. The summed E-state index contributed by atoms with van der Waals surface area (Å²) >= 11 is 0. The topological polar surface area (TPSA) is 210 Å². The number of phenolic OH excluding ortho intramolecular Hbond substituents is 1. The number of benzene rings is 2. The third-order valence-corrected chi connectivity index (χ3v) is 5.31. The fraction of sp³-hybridized carbons (Fsp3) is 0.227. The zero-order valence-corrected chi connectivity index (χ0v) is 17.2. The molecule has 0 spiro atoms. The highest BCUT2D eigenvalue weighted by atomic mass is 16.7. The molecule has 0 bridgehead atoms. The molecule has 2 heterocycles. The summed E-state index contributed by atoms with van der Waals surface area (Å²) in [6.45, 7) is 0. The maximum absolute atomic E-state index is 13.1. The highest BCUT2D eigenvalue weighted by Gasteiger charge is 2.48. The molecule has 7 N–H and O–H groups in total. The minimum absolute atomic E-state index is 0.0457. The van der Waals surface area contributed by atoms with Crippen molar-refractivity contribution in [3.63, 3.8) is 0 Å². The number of hydrogen-bond acceptors (Lipinski definition) is 10. The van der Waals surface area contributed by atoms with Gasteiger partial charge in [0.2, 0.25) is 17.5 Å². The van der Waals surface area contributed by atoms with Crippen LogP contribution in [0.15, 0.2) is 51.7 Å². The summed E-state index contributed by atoms with van der Waals surface area (Å²) in [5, 5.41) is 48.5. The number of aliphatic hydroxyl groups excluding tert-OH is 3. The van der Waals surface area contributed by atoms with E-state index in [0.717, 1.165) is 0 Å². The smallest absolute Gasteiger partial charge is 0.335 e. The maximum Gasteiger partial charge on any atom is 0.335 e. The number of ether oxygens (including phenoxy) is 2. The van der Waals surface area contributed by atoms with Crippen molar-refractivity contribution in [2.45, 2.75) is 30.7 Å². The van der Waals surface area contributed by atoms with Gasteiger partial charge in [0.1, 0.15) is 35.4 Å². The van der Waals surface area contributed by atoms with Crippen molar-refractivity contribution in [1.29, 1.82) is 0 Å². The first-order valence-electron chi connectivity index (χ1n) is 9.87. The molecule has 1 aromatic heterocycles. The standard InChI is InChI=1S/C22H19NO11/c23-20(29)18-13(8-1-3-9(24)4-2-8)14(25)11-6-5-10(7-12(11)33-18)32-22-17(28)15(26)16(27)19(34-22)21(30)31/h1-7,15-17,19,22,24,26-28H,(H2,23,29)(H,30,31). The van der Waals surface area contributed by atoms with Gasteiger partial charge in [-0.25, -0.2) is 4.79 Å². The molecule has 1 fully saturated rings. The normalized spacial score (nSPS) is 24.6. The minimum Gasteiger partial charge on any atom is -0.508 e. The summed E-state index contributed by atoms with van der Waals surface area (Å²) in [5.41, 5.74) is 4.88. The Morgan fingerprint density at radius 1 is 0.971 bits per heavy atom. The van der Waals surface area contributed by atoms with Crippen molar-refractivity contribution in [3.05, 3.63) is 58.4 Å². The largest absolute Gasteiger partial charge is 0.508 e. The third-order valence-electron chi connectivity index (χ3n) is 5.31. The number of hydrogen-bond donors (Lipinski definition) is 6. The number of rotatable bonds is 5. The van der Waals surface area contributed by atoms with Crippen molar-refractivity contribution < 1.29 is 49.0 Å². The number of carbonyl (C=O) groups is 2. The van der Waals surface area contributed by atoms with E-state index in [4.69, 9.17) is 24.7 Å². The van der Waals surface area contributed by atoms with E-state index >= 15 is 0 Å². The molecule has 0 aliphatic carbocycles. The first kappa shape index (κ1) is 23.2. The Morgan fingerprint density at radius 3 is 2.26 bits per heavy atom. The lowest BCUT2D eigenvalue weighted by Gasteiger charge is -2.38.